The second-order valence-corrected chi connectivity index (χ2v) is 11.6. The number of benzene rings is 2. The fourth-order valence-corrected chi connectivity index (χ4v) is 6.63. The molecular formula is C35H47NO3. The van der Waals surface area contributed by atoms with Crippen LogP contribution in [-0.4, -0.2) is 29.4 Å². The van der Waals surface area contributed by atoms with Gasteiger partial charge in [-0.15, -0.1) is 0 Å². The van der Waals surface area contributed by atoms with Crippen LogP contribution in [0.1, 0.15) is 98.6 Å². The molecule has 1 N–H and O–H groups in total. The molecule has 0 radical (unpaired) electrons. The first kappa shape index (κ1) is 29.5. The van der Waals surface area contributed by atoms with E-state index in [1.807, 2.05) is 12.4 Å². The van der Waals surface area contributed by atoms with Crippen LogP contribution < -0.4 is 0 Å². The molecule has 1 heterocycles. The largest absolute Gasteiger partial charge is 0.390 e. The van der Waals surface area contributed by atoms with E-state index in [-0.39, 0.29) is 5.41 Å². The van der Waals surface area contributed by atoms with Crippen molar-refractivity contribution in [1.82, 2.24) is 4.98 Å². The number of aromatic nitrogens is 1. The summed E-state index contributed by atoms with van der Waals surface area (Å²) in [7, 11) is 1.53. The average molecular weight is 530 g/mol. The summed E-state index contributed by atoms with van der Waals surface area (Å²) in [5.41, 5.74) is 9.71. The second kappa shape index (κ2) is 13.2. The van der Waals surface area contributed by atoms with E-state index in [0.717, 1.165) is 68.9 Å². The topological polar surface area (TPSA) is 51.6 Å². The van der Waals surface area contributed by atoms with Crippen molar-refractivity contribution >= 4 is 0 Å². The molecule has 4 nitrogen and oxygen atoms in total. The Morgan fingerprint density at radius 3 is 2.21 bits per heavy atom. The smallest absolute Gasteiger partial charge is 0.0863 e. The van der Waals surface area contributed by atoms with Gasteiger partial charge in [0.2, 0.25) is 0 Å². The minimum atomic E-state index is -0.466. The Hall–Kier alpha value is -2.53. The highest BCUT2D eigenvalue weighted by molar-refractivity contribution is 5.68. The van der Waals surface area contributed by atoms with Crippen molar-refractivity contribution in [1.29, 1.82) is 0 Å². The summed E-state index contributed by atoms with van der Waals surface area (Å²) in [6, 6.07) is 16.2. The minimum Gasteiger partial charge on any atom is -0.390 e. The summed E-state index contributed by atoms with van der Waals surface area (Å²) in [5, 5.41) is 11.0. The first-order valence-electron chi connectivity index (χ1n) is 14.9. The van der Waals surface area contributed by atoms with Crippen molar-refractivity contribution in [3.63, 3.8) is 0 Å². The molecule has 1 aliphatic rings. The van der Waals surface area contributed by atoms with Gasteiger partial charge in [0.1, 0.15) is 0 Å². The van der Waals surface area contributed by atoms with Gasteiger partial charge < -0.3 is 5.11 Å². The third kappa shape index (κ3) is 6.80. The fourth-order valence-electron chi connectivity index (χ4n) is 6.63. The molecule has 2 aromatic carbocycles. The molecule has 1 saturated carbocycles. The van der Waals surface area contributed by atoms with E-state index in [1.165, 1.54) is 46.9 Å². The third-order valence-electron chi connectivity index (χ3n) is 9.22. The quantitative estimate of drug-likeness (QED) is 0.146. The number of rotatable bonds is 12. The second-order valence-electron chi connectivity index (χ2n) is 11.6. The van der Waals surface area contributed by atoms with Gasteiger partial charge in [-0.3, -0.25) is 4.98 Å². The van der Waals surface area contributed by atoms with Crippen LogP contribution in [0.5, 0.6) is 0 Å². The minimum absolute atomic E-state index is 0.0360. The van der Waals surface area contributed by atoms with Gasteiger partial charge in [-0.05, 0) is 97.4 Å². The SMILES string of the molecule is CCC(CC)(c1ccc(CCC2(O)CCCCC2)c(C)c1)c1ccc(-c2cncc(CCOOC)c2)c(C)c1. The maximum atomic E-state index is 11.0. The van der Waals surface area contributed by atoms with E-state index in [4.69, 9.17) is 9.78 Å². The van der Waals surface area contributed by atoms with E-state index in [9.17, 15) is 5.11 Å². The summed E-state index contributed by atoms with van der Waals surface area (Å²) in [5.74, 6) is 0. The molecule has 210 valence electrons. The van der Waals surface area contributed by atoms with Crippen LogP contribution in [-0.2, 0) is 28.0 Å². The predicted molar refractivity (Wildman–Crippen MR) is 160 cm³/mol. The number of hydrogen-bond acceptors (Lipinski definition) is 4. The summed E-state index contributed by atoms with van der Waals surface area (Å²) < 4.78 is 0. The van der Waals surface area contributed by atoms with E-state index in [1.54, 1.807) is 0 Å². The molecule has 1 fully saturated rings. The van der Waals surface area contributed by atoms with Crippen molar-refractivity contribution in [3.8, 4) is 11.1 Å². The first-order valence-corrected chi connectivity index (χ1v) is 14.9. The molecule has 1 aromatic heterocycles. The molecule has 0 spiro atoms. The lowest BCUT2D eigenvalue weighted by molar-refractivity contribution is -0.271. The number of aryl methyl sites for hydroxylation is 3. The van der Waals surface area contributed by atoms with E-state index in [2.05, 4.69) is 75.1 Å². The Morgan fingerprint density at radius 2 is 1.56 bits per heavy atom. The van der Waals surface area contributed by atoms with Gasteiger partial charge in [0.15, 0.2) is 0 Å². The van der Waals surface area contributed by atoms with Gasteiger partial charge in [0.25, 0.3) is 0 Å². The molecular weight excluding hydrogens is 482 g/mol. The van der Waals surface area contributed by atoms with Crippen molar-refractivity contribution in [2.24, 2.45) is 0 Å². The summed E-state index contributed by atoms with van der Waals surface area (Å²) >= 11 is 0. The number of pyridine rings is 1. The molecule has 0 unspecified atom stereocenters. The standard InChI is InChI=1S/C35H47NO3/c1-6-35(7-2,31-12-11-29(26(3)21-31)15-19-34(37)17-9-8-10-18-34)32-13-14-33(27(4)22-32)30-23-28(24-36-25-30)16-20-39-38-5/h11-14,21-25,37H,6-10,15-20H2,1-5H3. The van der Waals surface area contributed by atoms with Gasteiger partial charge in [-0.25, -0.2) is 9.78 Å². The maximum Gasteiger partial charge on any atom is 0.0863 e. The van der Waals surface area contributed by atoms with Crippen molar-refractivity contribution in [3.05, 3.63) is 88.2 Å². The van der Waals surface area contributed by atoms with Gasteiger partial charge in [0, 0.05) is 29.8 Å². The zero-order chi connectivity index (χ0) is 27.9. The highest BCUT2D eigenvalue weighted by Crippen LogP contribution is 2.41. The Bertz CT molecular complexity index is 1220. The Kier molecular flexibility index (Phi) is 9.98. The molecule has 39 heavy (non-hydrogen) atoms. The first-order chi connectivity index (χ1) is 18.8. The number of aliphatic hydroxyl groups is 1. The highest BCUT2D eigenvalue weighted by atomic mass is 17.2. The van der Waals surface area contributed by atoms with Crippen LogP contribution in [0.2, 0.25) is 0 Å². The van der Waals surface area contributed by atoms with E-state index in [0.29, 0.717) is 6.61 Å². The van der Waals surface area contributed by atoms with Crippen molar-refractivity contribution < 1.29 is 14.9 Å². The molecule has 4 heteroatoms. The number of hydrogen-bond donors (Lipinski definition) is 1. The highest BCUT2D eigenvalue weighted by Gasteiger charge is 2.32. The van der Waals surface area contributed by atoms with Crippen LogP contribution in [0.3, 0.4) is 0 Å². The summed E-state index contributed by atoms with van der Waals surface area (Å²) in [6.45, 7) is 9.58. The van der Waals surface area contributed by atoms with E-state index >= 15 is 0 Å². The average Bonchev–Trinajstić information content (AvgIpc) is 2.94. The molecule has 0 saturated heterocycles. The van der Waals surface area contributed by atoms with Crippen LogP contribution in [0.4, 0.5) is 0 Å². The van der Waals surface area contributed by atoms with Crippen LogP contribution in [0, 0.1) is 13.8 Å². The molecule has 0 atom stereocenters. The zero-order valence-corrected chi connectivity index (χ0v) is 24.7. The zero-order valence-electron chi connectivity index (χ0n) is 24.7. The lowest BCUT2D eigenvalue weighted by Gasteiger charge is -2.35. The lowest BCUT2D eigenvalue weighted by atomic mass is 9.69. The monoisotopic (exact) mass is 529 g/mol. The van der Waals surface area contributed by atoms with E-state index < -0.39 is 5.60 Å². The van der Waals surface area contributed by atoms with Gasteiger partial charge in [-0.2, -0.15) is 0 Å². The van der Waals surface area contributed by atoms with Gasteiger partial charge >= 0.3 is 0 Å². The number of nitrogens with zero attached hydrogens (tertiary/aromatic N) is 1. The van der Waals surface area contributed by atoms with Crippen molar-refractivity contribution in [2.75, 3.05) is 13.7 Å². The van der Waals surface area contributed by atoms with Gasteiger partial charge in [0.05, 0.1) is 19.3 Å². The van der Waals surface area contributed by atoms with Crippen LogP contribution in [0.15, 0.2) is 54.9 Å². The predicted octanol–water partition coefficient (Wildman–Crippen LogP) is 8.22. The van der Waals surface area contributed by atoms with Crippen molar-refractivity contribution in [2.45, 2.75) is 103 Å². The molecule has 3 aromatic rings. The summed E-state index contributed by atoms with van der Waals surface area (Å²) in [6.07, 6.45) is 14.0. The normalized spacial score (nSPS) is 15.4. The molecule has 1 aliphatic carbocycles. The van der Waals surface area contributed by atoms with Crippen LogP contribution >= 0.6 is 0 Å². The Labute approximate surface area is 235 Å². The Balaban J connectivity index is 1.57. The molecule has 0 aliphatic heterocycles. The Morgan fingerprint density at radius 1 is 0.872 bits per heavy atom. The van der Waals surface area contributed by atoms with Crippen LogP contribution in [0.25, 0.3) is 11.1 Å². The van der Waals surface area contributed by atoms with Gasteiger partial charge in [-0.1, -0.05) is 69.5 Å². The fraction of sp³-hybridized carbons (Fsp3) is 0.514. The molecule has 0 amide bonds. The third-order valence-corrected chi connectivity index (χ3v) is 9.22. The maximum absolute atomic E-state index is 11.0. The summed E-state index contributed by atoms with van der Waals surface area (Å²) in [4.78, 5) is 14.3. The lowest BCUT2D eigenvalue weighted by Crippen LogP contribution is -2.31. The molecule has 4 rings (SSSR count). The molecule has 0 bridgehead atoms.